The van der Waals surface area contributed by atoms with Crippen LogP contribution in [0.25, 0.3) is 0 Å². The second-order valence-electron chi connectivity index (χ2n) is 5.54. The molecular formula is C11H20O2. The van der Waals surface area contributed by atoms with Crippen molar-refractivity contribution < 1.29 is 9.84 Å². The molecule has 2 rings (SSSR count). The zero-order valence-corrected chi connectivity index (χ0v) is 8.62. The Bertz CT molecular complexity index is 181. The molecule has 1 N–H and O–H groups in total. The maximum Gasteiger partial charge on any atom is 0.0823 e. The van der Waals surface area contributed by atoms with Gasteiger partial charge in [-0.2, -0.15) is 0 Å². The lowest BCUT2D eigenvalue weighted by atomic mass is 9.62. The highest BCUT2D eigenvalue weighted by atomic mass is 16.5. The second kappa shape index (κ2) is 3.25. The highest BCUT2D eigenvalue weighted by Crippen LogP contribution is 2.48. The van der Waals surface area contributed by atoms with Crippen LogP contribution in [0.3, 0.4) is 0 Å². The Morgan fingerprint density at radius 1 is 1.31 bits per heavy atom. The monoisotopic (exact) mass is 184 g/mol. The van der Waals surface area contributed by atoms with E-state index in [0.29, 0.717) is 17.9 Å². The Hall–Kier alpha value is -0.0800. The smallest absolute Gasteiger partial charge is 0.0823 e. The number of hydrogen-bond acceptors (Lipinski definition) is 2. The number of hydrogen-bond donors (Lipinski definition) is 1. The van der Waals surface area contributed by atoms with Crippen LogP contribution in [0.4, 0.5) is 0 Å². The first kappa shape index (κ1) is 9.47. The summed E-state index contributed by atoms with van der Waals surface area (Å²) in [6, 6.07) is 0. The standard InChI is InChI=1S/C11H20O2/c1-11(2)4-8(5-11)3-9-6-13-7-10(9)12/h8-10,12H,3-7H2,1-2H3. The average molecular weight is 184 g/mol. The van der Waals surface area contributed by atoms with Gasteiger partial charge in [0.2, 0.25) is 0 Å². The van der Waals surface area contributed by atoms with E-state index in [-0.39, 0.29) is 6.10 Å². The van der Waals surface area contributed by atoms with Crippen molar-refractivity contribution in [2.75, 3.05) is 13.2 Å². The lowest BCUT2D eigenvalue weighted by Gasteiger charge is -2.43. The molecule has 0 radical (unpaired) electrons. The molecular weight excluding hydrogens is 164 g/mol. The van der Waals surface area contributed by atoms with Crippen molar-refractivity contribution in [2.24, 2.45) is 17.3 Å². The first-order chi connectivity index (χ1) is 6.07. The molecule has 2 heteroatoms. The predicted molar refractivity (Wildman–Crippen MR) is 51.4 cm³/mol. The highest BCUT2D eigenvalue weighted by Gasteiger charge is 2.39. The second-order valence-corrected chi connectivity index (χ2v) is 5.54. The number of aliphatic hydroxyl groups is 1. The lowest BCUT2D eigenvalue weighted by Crippen LogP contribution is -2.34. The van der Waals surface area contributed by atoms with Gasteiger partial charge < -0.3 is 9.84 Å². The number of rotatable bonds is 2. The molecule has 2 atom stereocenters. The van der Waals surface area contributed by atoms with Crippen LogP contribution >= 0.6 is 0 Å². The van der Waals surface area contributed by atoms with Gasteiger partial charge in [0.05, 0.1) is 19.3 Å². The van der Waals surface area contributed by atoms with Gasteiger partial charge in [-0.1, -0.05) is 13.8 Å². The first-order valence-electron chi connectivity index (χ1n) is 5.33. The van der Waals surface area contributed by atoms with Gasteiger partial charge in [-0.25, -0.2) is 0 Å². The fraction of sp³-hybridized carbons (Fsp3) is 1.00. The van der Waals surface area contributed by atoms with Gasteiger partial charge in [0.1, 0.15) is 0 Å². The molecule has 2 unspecified atom stereocenters. The predicted octanol–water partition coefficient (Wildman–Crippen LogP) is 1.82. The summed E-state index contributed by atoms with van der Waals surface area (Å²) in [5, 5.41) is 9.56. The molecule has 0 aromatic carbocycles. The minimum absolute atomic E-state index is 0.191. The normalized spacial score (nSPS) is 39.0. The summed E-state index contributed by atoms with van der Waals surface area (Å²) in [5.41, 5.74) is 0.565. The fourth-order valence-corrected chi connectivity index (χ4v) is 2.91. The van der Waals surface area contributed by atoms with Gasteiger partial charge in [-0.3, -0.25) is 0 Å². The van der Waals surface area contributed by atoms with E-state index in [4.69, 9.17) is 4.74 Å². The van der Waals surface area contributed by atoms with E-state index in [9.17, 15) is 5.11 Å². The minimum atomic E-state index is -0.191. The fourth-order valence-electron chi connectivity index (χ4n) is 2.91. The van der Waals surface area contributed by atoms with Crippen molar-refractivity contribution in [3.8, 4) is 0 Å². The zero-order valence-electron chi connectivity index (χ0n) is 8.62. The minimum Gasteiger partial charge on any atom is -0.390 e. The van der Waals surface area contributed by atoms with Gasteiger partial charge in [0, 0.05) is 5.92 Å². The Kier molecular flexibility index (Phi) is 2.37. The molecule has 0 bridgehead atoms. The average Bonchev–Trinajstić information content (AvgIpc) is 2.33. The quantitative estimate of drug-likeness (QED) is 0.709. The van der Waals surface area contributed by atoms with E-state index in [2.05, 4.69) is 13.8 Å². The van der Waals surface area contributed by atoms with Crippen LogP contribution in [-0.2, 0) is 4.74 Å². The zero-order chi connectivity index (χ0) is 9.47. The Labute approximate surface area is 80.3 Å². The SMILES string of the molecule is CC1(C)CC(CC2COCC2O)C1. The van der Waals surface area contributed by atoms with Crippen molar-refractivity contribution in [1.29, 1.82) is 0 Å². The van der Waals surface area contributed by atoms with Crippen LogP contribution in [0.1, 0.15) is 33.1 Å². The Morgan fingerprint density at radius 3 is 2.46 bits per heavy atom. The van der Waals surface area contributed by atoms with Crippen LogP contribution in [0.5, 0.6) is 0 Å². The van der Waals surface area contributed by atoms with Gasteiger partial charge in [0.25, 0.3) is 0 Å². The van der Waals surface area contributed by atoms with E-state index >= 15 is 0 Å². The molecule has 1 aliphatic carbocycles. The summed E-state index contributed by atoms with van der Waals surface area (Å²) in [7, 11) is 0. The van der Waals surface area contributed by atoms with Crippen LogP contribution < -0.4 is 0 Å². The Balaban J connectivity index is 1.74. The Morgan fingerprint density at radius 2 is 2.00 bits per heavy atom. The summed E-state index contributed by atoms with van der Waals surface area (Å²) < 4.78 is 5.24. The molecule has 2 aliphatic rings. The molecule has 2 nitrogen and oxygen atoms in total. The maximum atomic E-state index is 9.56. The summed E-state index contributed by atoms with van der Waals surface area (Å²) in [5.74, 6) is 1.26. The van der Waals surface area contributed by atoms with Crippen molar-refractivity contribution in [3.63, 3.8) is 0 Å². The molecule has 0 aromatic rings. The van der Waals surface area contributed by atoms with Gasteiger partial charge >= 0.3 is 0 Å². The topological polar surface area (TPSA) is 29.5 Å². The van der Waals surface area contributed by atoms with Crippen molar-refractivity contribution in [3.05, 3.63) is 0 Å². The van der Waals surface area contributed by atoms with Gasteiger partial charge in [-0.15, -0.1) is 0 Å². The summed E-state index contributed by atoms with van der Waals surface area (Å²) in [6.07, 6.45) is 3.64. The molecule has 76 valence electrons. The van der Waals surface area contributed by atoms with Gasteiger partial charge in [0.15, 0.2) is 0 Å². The van der Waals surface area contributed by atoms with E-state index in [0.717, 1.165) is 12.5 Å². The summed E-state index contributed by atoms with van der Waals surface area (Å²) in [6.45, 7) is 5.98. The lowest BCUT2D eigenvalue weighted by molar-refractivity contribution is 0.0529. The van der Waals surface area contributed by atoms with E-state index < -0.39 is 0 Å². The molecule has 0 amide bonds. The van der Waals surface area contributed by atoms with Crippen LogP contribution in [-0.4, -0.2) is 24.4 Å². The molecule has 2 fully saturated rings. The van der Waals surface area contributed by atoms with E-state index in [1.54, 1.807) is 0 Å². The third kappa shape index (κ3) is 2.05. The van der Waals surface area contributed by atoms with Crippen LogP contribution in [0.15, 0.2) is 0 Å². The molecule has 1 aliphatic heterocycles. The third-order valence-corrected chi connectivity index (χ3v) is 3.48. The van der Waals surface area contributed by atoms with E-state index in [1.807, 2.05) is 0 Å². The van der Waals surface area contributed by atoms with Crippen molar-refractivity contribution in [1.82, 2.24) is 0 Å². The van der Waals surface area contributed by atoms with Crippen LogP contribution in [0.2, 0.25) is 0 Å². The van der Waals surface area contributed by atoms with Gasteiger partial charge in [-0.05, 0) is 30.6 Å². The molecule has 1 saturated heterocycles. The van der Waals surface area contributed by atoms with Crippen molar-refractivity contribution in [2.45, 2.75) is 39.2 Å². The molecule has 0 spiro atoms. The first-order valence-corrected chi connectivity index (χ1v) is 5.33. The van der Waals surface area contributed by atoms with E-state index in [1.165, 1.54) is 19.3 Å². The molecule has 1 heterocycles. The summed E-state index contributed by atoms with van der Waals surface area (Å²) >= 11 is 0. The maximum absolute atomic E-state index is 9.56. The third-order valence-electron chi connectivity index (χ3n) is 3.48. The highest BCUT2D eigenvalue weighted by molar-refractivity contribution is 4.89. The molecule has 13 heavy (non-hydrogen) atoms. The number of ether oxygens (including phenoxy) is 1. The largest absolute Gasteiger partial charge is 0.390 e. The molecule has 0 aromatic heterocycles. The number of aliphatic hydroxyl groups excluding tert-OH is 1. The summed E-state index contributed by atoms with van der Waals surface area (Å²) in [4.78, 5) is 0. The molecule has 1 saturated carbocycles. The van der Waals surface area contributed by atoms with Crippen LogP contribution in [0, 0.1) is 17.3 Å². The van der Waals surface area contributed by atoms with Crippen molar-refractivity contribution >= 4 is 0 Å².